The Hall–Kier alpha value is -2.15. The number of fused-ring (bicyclic) bond motifs is 1. The zero-order valence-electron chi connectivity index (χ0n) is 10.8. The summed E-state index contributed by atoms with van der Waals surface area (Å²) >= 11 is 0. The predicted molar refractivity (Wildman–Crippen MR) is 66.9 cm³/mol. The molecular formula is C12H15N5O2. The van der Waals surface area contributed by atoms with Gasteiger partial charge in [0.1, 0.15) is 18.1 Å². The zero-order valence-corrected chi connectivity index (χ0v) is 10.8. The van der Waals surface area contributed by atoms with Crippen molar-refractivity contribution in [3.63, 3.8) is 0 Å². The molecular weight excluding hydrogens is 246 g/mol. The van der Waals surface area contributed by atoms with Crippen LogP contribution in [0.4, 0.5) is 0 Å². The molecule has 1 unspecified atom stereocenters. The highest BCUT2D eigenvalue weighted by atomic mass is 16.5. The number of nitrogens with zero attached hydrogens (tertiary/aromatic N) is 4. The maximum atomic E-state index is 5.62. The van der Waals surface area contributed by atoms with Gasteiger partial charge in [-0.1, -0.05) is 0 Å². The van der Waals surface area contributed by atoms with Crippen molar-refractivity contribution in [2.24, 2.45) is 7.05 Å². The highest BCUT2D eigenvalue weighted by Gasteiger charge is 2.22. The van der Waals surface area contributed by atoms with Crippen LogP contribution >= 0.6 is 0 Å². The van der Waals surface area contributed by atoms with Gasteiger partial charge in [0.05, 0.1) is 13.1 Å². The van der Waals surface area contributed by atoms with Crippen molar-refractivity contribution in [2.75, 3.05) is 13.7 Å². The second-order valence-electron chi connectivity index (χ2n) is 4.34. The van der Waals surface area contributed by atoms with E-state index in [0.717, 1.165) is 17.1 Å². The summed E-state index contributed by atoms with van der Waals surface area (Å²) in [6, 6.07) is 6.09. The maximum absolute atomic E-state index is 5.62. The maximum Gasteiger partial charge on any atom is 0.212 e. The Labute approximate surface area is 110 Å². The average molecular weight is 261 g/mol. The Morgan fingerprint density at radius 2 is 2.42 bits per heavy atom. The number of hydrogen-bond acceptors (Lipinski definition) is 6. The average Bonchev–Trinajstić information content (AvgIpc) is 3.01. The van der Waals surface area contributed by atoms with Crippen molar-refractivity contribution in [1.29, 1.82) is 0 Å². The third-order valence-corrected chi connectivity index (χ3v) is 3.03. The Balaban J connectivity index is 1.69. The third-order valence-electron chi connectivity index (χ3n) is 3.03. The number of nitrogens with one attached hydrogen (secondary N) is 1. The Kier molecular flexibility index (Phi) is 3.04. The molecule has 0 radical (unpaired) electrons. The summed E-state index contributed by atoms with van der Waals surface area (Å²) in [5.74, 6) is 2.16. The van der Waals surface area contributed by atoms with Gasteiger partial charge in [-0.2, -0.15) is 4.80 Å². The van der Waals surface area contributed by atoms with E-state index in [1.165, 1.54) is 4.80 Å². The number of likely N-dealkylation sites (N-methyl/N-ethyl adjacent to an activating group) is 1. The van der Waals surface area contributed by atoms with Crippen molar-refractivity contribution in [3.8, 4) is 11.5 Å². The van der Waals surface area contributed by atoms with Crippen LogP contribution in [0.1, 0.15) is 17.4 Å². The van der Waals surface area contributed by atoms with Crippen LogP contribution in [0.2, 0.25) is 0 Å². The molecule has 1 aliphatic rings. The molecule has 1 aliphatic heterocycles. The lowest BCUT2D eigenvalue weighted by Gasteiger charge is -2.07. The SMILES string of the molecule is CNC1COc2cc(OCc3nnn(C)n3)ccc21. The lowest BCUT2D eigenvalue weighted by molar-refractivity contribution is 0.290. The largest absolute Gasteiger partial charge is 0.491 e. The summed E-state index contributed by atoms with van der Waals surface area (Å²) in [7, 11) is 3.64. The number of hydrogen-bond donors (Lipinski definition) is 1. The predicted octanol–water partition coefficient (Wildman–Crippen LogP) is 0.442. The molecule has 19 heavy (non-hydrogen) atoms. The molecule has 1 aromatic heterocycles. The van der Waals surface area contributed by atoms with Gasteiger partial charge in [0, 0.05) is 11.6 Å². The molecule has 7 heteroatoms. The quantitative estimate of drug-likeness (QED) is 0.861. The normalized spacial score (nSPS) is 17.1. The van der Waals surface area contributed by atoms with Crippen LogP contribution in [0, 0.1) is 0 Å². The van der Waals surface area contributed by atoms with E-state index in [-0.39, 0.29) is 6.04 Å². The lowest BCUT2D eigenvalue weighted by atomic mass is 10.1. The molecule has 100 valence electrons. The first-order chi connectivity index (χ1) is 9.26. The highest BCUT2D eigenvalue weighted by Crippen LogP contribution is 2.35. The first kappa shape index (κ1) is 11.9. The summed E-state index contributed by atoms with van der Waals surface area (Å²) in [6.45, 7) is 0.948. The van der Waals surface area contributed by atoms with Crippen LogP contribution in [0.5, 0.6) is 11.5 Å². The van der Waals surface area contributed by atoms with Gasteiger partial charge in [-0.25, -0.2) is 0 Å². The molecule has 1 aromatic carbocycles. The molecule has 0 bridgehead atoms. The molecule has 2 aromatic rings. The van der Waals surface area contributed by atoms with Gasteiger partial charge in [-0.05, 0) is 24.4 Å². The van der Waals surface area contributed by atoms with Crippen molar-refractivity contribution in [2.45, 2.75) is 12.6 Å². The third kappa shape index (κ3) is 2.37. The van der Waals surface area contributed by atoms with Crippen LogP contribution in [-0.4, -0.2) is 33.9 Å². The summed E-state index contributed by atoms with van der Waals surface area (Å²) in [5, 5.41) is 14.9. The van der Waals surface area contributed by atoms with E-state index in [0.29, 0.717) is 19.0 Å². The standard InChI is InChI=1S/C12H15N5O2/c1-13-10-6-19-11-5-8(3-4-9(10)11)18-7-12-14-16-17(2)15-12/h3-5,10,13H,6-7H2,1-2H3. The molecule has 3 rings (SSSR count). The number of ether oxygens (including phenoxy) is 2. The van der Waals surface area contributed by atoms with Gasteiger partial charge in [0.2, 0.25) is 5.82 Å². The van der Waals surface area contributed by atoms with E-state index in [1.807, 2.05) is 25.2 Å². The molecule has 0 saturated carbocycles. The molecule has 7 nitrogen and oxygen atoms in total. The van der Waals surface area contributed by atoms with Crippen molar-refractivity contribution < 1.29 is 9.47 Å². The van der Waals surface area contributed by atoms with E-state index in [2.05, 4.69) is 20.7 Å². The molecule has 1 atom stereocenters. The van der Waals surface area contributed by atoms with Gasteiger partial charge in [0.25, 0.3) is 0 Å². The summed E-state index contributed by atoms with van der Waals surface area (Å²) in [4.78, 5) is 1.40. The van der Waals surface area contributed by atoms with Crippen molar-refractivity contribution >= 4 is 0 Å². The minimum atomic E-state index is 0.255. The highest BCUT2D eigenvalue weighted by molar-refractivity contribution is 5.44. The fourth-order valence-electron chi connectivity index (χ4n) is 2.05. The molecule has 1 N–H and O–H groups in total. The van der Waals surface area contributed by atoms with E-state index in [9.17, 15) is 0 Å². The van der Waals surface area contributed by atoms with E-state index in [4.69, 9.17) is 9.47 Å². The van der Waals surface area contributed by atoms with Gasteiger partial charge in [0.15, 0.2) is 6.61 Å². The number of tetrazole rings is 1. The smallest absolute Gasteiger partial charge is 0.212 e. The van der Waals surface area contributed by atoms with Gasteiger partial charge in [-0.3, -0.25) is 0 Å². The Bertz CT molecular complexity index is 583. The minimum Gasteiger partial charge on any atom is -0.491 e. The second kappa shape index (κ2) is 4.85. The fraction of sp³-hybridized carbons (Fsp3) is 0.417. The van der Waals surface area contributed by atoms with E-state index in [1.54, 1.807) is 7.05 Å². The van der Waals surface area contributed by atoms with Crippen LogP contribution in [0.25, 0.3) is 0 Å². The second-order valence-corrected chi connectivity index (χ2v) is 4.34. The summed E-state index contributed by atoms with van der Waals surface area (Å²) < 4.78 is 11.2. The van der Waals surface area contributed by atoms with Gasteiger partial charge < -0.3 is 14.8 Å². The van der Waals surface area contributed by atoms with Gasteiger partial charge in [-0.15, -0.1) is 10.2 Å². The van der Waals surface area contributed by atoms with Gasteiger partial charge >= 0.3 is 0 Å². The molecule has 0 saturated heterocycles. The van der Waals surface area contributed by atoms with E-state index >= 15 is 0 Å². The van der Waals surface area contributed by atoms with E-state index < -0.39 is 0 Å². The summed E-state index contributed by atoms with van der Waals surface area (Å²) in [5.41, 5.74) is 1.16. The van der Waals surface area contributed by atoms with Crippen molar-refractivity contribution in [3.05, 3.63) is 29.6 Å². The first-order valence-electron chi connectivity index (χ1n) is 6.06. The molecule has 2 heterocycles. The molecule has 0 spiro atoms. The number of aromatic nitrogens is 4. The Morgan fingerprint density at radius 3 is 3.16 bits per heavy atom. The van der Waals surface area contributed by atoms with Crippen molar-refractivity contribution in [1.82, 2.24) is 25.5 Å². The van der Waals surface area contributed by atoms with Crippen LogP contribution < -0.4 is 14.8 Å². The topological polar surface area (TPSA) is 74.1 Å². The number of rotatable bonds is 4. The monoisotopic (exact) mass is 261 g/mol. The molecule has 0 amide bonds. The Morgan fingerprint density at radius 1 is 1.53 bits per heavy atom. The first-order valence-corrected chi connectivity index (χ1v) is 6.06. The molecule has 0 fully saturated rings. The number of aryl methyl sites for hydroxylation is 1. The van der Waals surface area contributed by atoms with Crippen LogP contribution in [0.3, 0.4) is 0 Å². The lowest BCUT2D eigenvalue weighted by Crippen LogP contribution is -2.17. The fourth-order valence-corrected chi connectivity index (χ4v) is 2.05. The summed E-state index contributed by atoms with van der Waals surface area (Å²) in [6.07, 6.45) is 0. The molecule has 0 aliphatic carbocycles. The van der Waals surface area contributed by atoms with Crippen LogP contribution in [0.15, 0.2) is 18.2 Å². The van der Waals surface area contributed by atoms with Crippen LogP contribution in [-0.2, 0) is 13.7 Å². The zero-order chi connectivity index (χ0) is 13.2. The number of benzene rings is 1. The minimum absolute atomic E-state index is 0.255.